The van der Waals surface area contributed by atoms with Crippen molar-refractivity contribution in [2.45, 2.75) is 26.9 Å². The van der Waals surface area contributed by atoms with E-state index in [0.717, 1.165) is 11.4 Å². The van der Waals surface area contributed by atoms with Crippen molar-refractivity contribution >= 4 is 17.3 Å². The minimum atomic E-state index is -0.154. The second-order valence-corrected chi connectivity index (χ2v) is 6.13. The standard InChI is InChI=1S/C21H28N2O4/c1-4-25-13-14-26-20-8-6-5-7-19(20)23-21(24)15-22-17-9-11-18(12-10-17)27-16(2)3/h5-12,16,22H,4,13-15H2,1-3H3,(H,23,24). The Bertz CT molecular complexity index is 702. The fourth-order valence-electron chi connectivity index (χ4n) is 2.35. The van der Waals surface area contributed by atoms with E-state index in [1.165, 1.54) is 0 Å². The number of rotatable bonds is 11. The number of amides is 1. The molecule has 0 aliphatic rings. The third-order valence-electron chi connectivity index (χ3n) is 3.53. The number of para-hydroxylation sites is 2. The number of anilines is 2. The van der Waals surface area contributed by atoms with Crippen LogP contribution in [0.25, 0.3) is 0 Å². The lowest BCUT2D eigenvalue weighted by Crippen LogP contribution is -2.22. The highest BCUT2D eigenvalue weighted by Crippen LogP contribution is 2.23. The minimum Gasteiger partial charge on any atom is -0.491 e. The molecule has 2 aromatic carbocycles. The Balaban J connectivity index is 1.83. The average Bonchev–Trinajstić information content (AvgIpc) is 2.65. The SMILES string of the molecule is CCOCCOc1ccccc1NC(=O)CNc1ccc(OC(C)C)cc1. The van der Waals surface area contributed by atoms with Crippen LogP contribution < -0.4 is 20.1 Å². The molecule has 0 aliphatic carbocycles. The molecule has 0 aromatic heterocycles. The zero-order chi connectivity index (χ0) is 19.5. The summed E-state index contributed by atoms with van der Waals surface area (Å²) in [4.78, 5) is 12.2. The van der Waals surface area contributed by atoms with Crippen molar-refractivity contribution in [3.05, 3.63) is 48.5 Å². The van der Waals surface area contributed by atoms with Crippen molar-refractivity contribution < 1.29 is 19.0 Å². The summed E-state index contributed by atoms with van der Waals surface area (Å²) in [5, 5.41) is 5.96. The van der Waals surface area contributed by atoms with Crippen LogP contribution in [0.4, 0.5) is 11.4 Å². The number of hydrogen-bond acceptors (Lipinski definition) is 5. The average molecular weight is 372 g/mol. The van der Waals surface area contributed by atoms with Crippen LogP contribution in [-0.4, -0.2) is 38.4 Å². The van der Waals surface area contributed by atoms with Gasteiger partial charge in [-0.2, -0.15) is 0 Å². The molecule has 0 bridgehead atoms. The van der Waals surface area contributed by atoms with Gasteiger partial charge in [0.15, 0.2) is 0 Å². The first-order valence-corrected chi connectivity index (χ1v) is 9.18. The van der Waals surface area contributed by atoms with Gasteiger partial charge < -0.3 is 24.8 Å². The molecule has 0 saturated heterocycles. The molecular formula is C21H28N2O4. The molecular weight excluding hydrogens is 344 g/mol. The summed E-state index contributed by atoms with van der Waals surface area (Å²) < 4.78 is 16.5. The molecule has 1 amide bonds. The van der Waals surface area contributed by atoms with Crippen molar-refractivity contribution in [3.63, 3.8) is 0 Å². The van der Waals surface area contributed by atoms with Gasteiger partial charge in [0, 0.05) is 12.3 Å². The first-order chi connectivity index (χ1) is 13.1. The minimum absolute atomic E-state index is 0.130. The molecule has 0 heterocycles. The van der Waals surface area contributed by atoms with Crippen molar-refractivity contribution in [2.75, 3.05) is 37.0 Å². The van der Waals surface area contributed by atoms with E-state index >= 15 is 0 Å². The molecule has 0 atom stereocenters. The summed E-state index contributed by atoms with van der Waals surface area (Å²) in [5.74, 6) is 1.28. The van der Waals surface area contributed by atoms with E-state index in [9.17, 15) is 4.79 Å². The number of benzene rings is 2. The Labute approximate surface area is 160 Å². The summed E-state index contributed by atoms with van der Waals surface area (Å²) in [7, 11) is 0. The van der Waals surface area contributed by atoms with Crippen LogP contribution in [0.5, 0.6) is 11.5 Å². The summed E-state index contributed by atoms with van der Waals surface area (Å²) in [6.07, 6.45) is 0.130. The second kappa shape index (κ2) is 11.1. The molecule has 2 N–H and O–H groups in total. The van der Waals surface area contributed by atoms with Gasteiger partial charge in [0.2, 0.25) is 5.91 Å². The van der Waals surface area contributed by atoms with E-state index in [0.29, 0.717) is 31.3 Å². The Morgan fingerprint density at radius 2 is 1.78 bits per heavy atom. The summed E-state index contributed by atoms with van der Waals surface area (Å²) in [5.41, 5.74) is 1.49. The zero-order valence-corrected chi connectivity index (χ0v) is 16.2. The predicted octanol–water partition coefficient (Wildman–Crippen LogP) is 3.94. The summed E-state index contributed by atoms with van der Waals surface area (Å²) >= 11 is 0. The molecule has 146 valence electrons. The highest BCUT2D eigenvalue weighted by atomic mass is 16.5. The van der Waals surface area contributed by atoms with Gasteiger partial charge in [0.25, 0.3) is 0 Å². The topological polar surface area (TPSA) is 68.8 Å². The number of ether oxygens (including phenoxy) is 3. The lowest BCUT2D eigenvalue weighted by molar-refractivity contribution is -0.114. The quantitative estimate of drug-likeness (QED) is 0.585. The van der Waals surface area contributed by atoms with E-state index in [1.807, 2.05) is 69.3 Å². The second-order valence-electron chi connectivity index (χ2n) is 6.13. The number of nitrogens with one attached hydrogen (secondary N) is 2. The smallest absolute Gasteiger partial charge is 0.243 e. The van der Waals surface area contributed by atoms with Crippen LogP contribution in [0.15, 0.2) is 48.5 Å². The van der Waals surface area contributed by atoms with E-state index < -0.39 is 0 Å². The van der Waals surface area contributed by atoms with Gasteiger partial charge in [-0.25, -0.2) is 0 Å². The fourth-order valence-corrected chi connectivity index (χ4v) is 2.35. The normalized spacial score (nSPS) is 10.5. The van der Waals surface area contributed by atoms with Crippen LogP contribution in [0.1, 0.15) is 20.8 Å². The molecule has 6 heteroatoms. The van der Waals surface area contributed by atoms with Crippen molar-refractivity contribution in [1.82, 2.24) is 0 Å². The van der Waals surface area contributed by atoms with Crippen LogP contribution in [0, 0.1) is 0 Å². The Morgan fingerprint density at radius 1 is 1.04 bits per heavy atom. The Hall–Kier alpha value is -2.73. The zero-order valence-electron chi connectivity index (χ0n) is 16.2. The highest BCUT2D eigenvalue weighted by Gasteiger charge is 2.08. The van der Waals surface area contributed by atoms with Gasteiger partial charge in [-0.15, -0.1) is 0 Å². The number of carbonyl (C=O) groups excluding carboxylic acids is 1. The van der Waals surface area contributed by atoms with E-state index in [4.69, 9.17) is 14.2 Å². The number of hydrogen-bond donors (Lipinski definition) is 2. The van der Waals surface area contributed by atoms with Gasteiger partial charge in [0.1, 0.15) is 18.1 Å². The van der Waals surface area contributed by atoms with Gasteiger partial charge >= 0.3 is 0 Å². The highest BCUT2D eigenvalue weighted by molar-refractivity contribution is 5.95. The summed E-state index contributed by atoms with van der Waals surface area (Å²) in [6.45, 7) is 7.64. The van der Waals surface area contributed by atoms with Gasteiger partial charge in [-0.1, -0.05) is 12.1 Å². The monoisotopic (exact) mass is 372 g/mol. The van der Waals surface area contributed by atoms with Crippen molar-refractivity contribution in [2.24, 2.45) is 0 Å². The maximum absolute atomic E-state index is 12.2. The van der Waals surface area contributed by atoms with E-state index in [1.54, 1.807) is 0 Å². The number of carbonyl (C=O) groups is 1. The largest absolute Gasteiger partial charge is 0.491 e. The molecule has 2 rings (SSSR count). The lowest BCUT2D eigenvalue weighted by Gasteiger charge is -2.13. The third kappa shape index (κ3) is 7.58. The maximum atomic E-state index is 12.2. The van der Waals surface area contributed by atoms with Gasteiger partial charge in [0.05, 0.1) is 24.9 Å². The Kier molecular flexibility index (Phi) is 8.45. The van der Waals surface area contributed by atoms with E-state index in [2.05, 4.69) is 10.6 Å². The van der Waals surface area contributed by atoms with Gasteiger partial charge in [-0.3, -0.25) is 4.79 Å². The van der Waals surface area contributed by atoms with Crippen LogP contribution >= 0.6 is 0 Å². The maximum Gasteiger partial charge on any atom is 0.243 e. The molecule has 2 aromatic rings. The molecule has 0 spiro atoms. The van der Waals surface area contributed by atoms with Crippen LogP contribution in [0.2, 0.25) is 0 Å². The molecule has 6 nitrogen and oxygen atoms in total. The van der Waals surface area contributed by atoms with Crippen molar-refractivity contribution in [3.8, 4) is 11.5 Å². The molecule has 0 saturated carbocycles. The van der Waals surface area contributed by atoms with Gasteiger partial charge in [-0.05, 0) is 57.2 Å². The Morgan fingerprint density at radius 3 is 2.48 bits per heavy atom. The molecule has 0 fully saturated rings. The summed E-state index contributed by atoms with van der Waals surface area (Å²) in [6, 6.07) is 14.9. The lowest BCUT2D eigenvalue weighted by atomic mass is 10.3. The van der Waals surface area contributed by atoms with Crippen LogP contribution in [0.3, 0.4) is 0 Å². The first-order valence-electron chi connectivity index (χ1n) is 9.18. The predicted molar refractivity (Wildman–Crippen MR) is 108 cm³/mol. The molecule has 27 heavy (non-hydrogen) atoms. The molecule has 0 unspecified atom stereocenters. The first kappa shape index (κ1) is 20.6. The van der Waals surface area contributed by atoms with Crippen molar-refractivity contribution in [1.29, 1.82) is 0 Å². The van der Waals surface area contributed by atoms with E-state index in [-0.39, 0.29) is 18.6 Å². The third-order valence-corrected chi connectivity index (χ3v) is 3.53. The molecule has 0 aliphatic heterocycles. The molecule has 0 radical (unpaired) electrons. The fraction of sp³-hybridized carbons (Fsp3) is 0.381. The van der Waals surface area contributed by atoms with Crippen LogP contribution in [-0.2, 0) is 9.53 Å².